The molecule has 0 spiro atoms. The van der Waals surface area contributed by atoms with Crippen LogP contribution in [0.4, 0.5) is 4.39 Å². The van der Waals surface area contributed by atoms with Crippen LogP contribution in [0.5, 0.6) is 0 Å². The van der Waals surface area contributed by atoms with Crippen LogP contribution in [0, 0.1) is 11.7 Å². The van der Waals surface area contributed by atoms with Crippen LogP contribution >= 0.6 is 0 Å². The van der Waals surface area contributed by atoms with Crippen molar-refractivity contribution in [3.63, 3.8) is 0 Å². The summed E-state index contributed by atoms with van der Waals surface area (Å²) in [4.78, 5) is 30.5. The van der Waals surface area contributed by atoms with Crippen molar-refractivity contribution in [3.8, 4) is 0 Å². The molecular formula is C26H32FN3O2. The number of benzene rings is 2. The third-order valence-electron chi connectivity index (χ3n) is 6.81. The summed E-state index contributed by atoms with van der Waals surface area (Å²) in [6.45, 7) is 6.49. The number of likely N-dealkylation sites (tertiary alicyclic amines) is 1. The number of rotatable bonds is 5. The van der Waals surface area contributed by atoms with Crippen molar-refractivity contribution in [3.05, 3.63) is 71.0 Å². The predicted molar refractivity (Wildman–Crippen MR) is 122 cm³/mol. The lowest BCUT2D eigenvalue weighted by Crippen LogP contribution is -2.50. The van der Waals surface area contributed by atoms with E-state index < -0.39 is 6.04 Å². The van der Waals surface area contributed by atoms with Crippen LogP contribution in [0.2, 0.25) is 0 Å². The predicted octanol–water partition coefficient (Wildman–Crippen LogP) is 3.86. The maximum Gasteiger partial charge on any atom is 0.244 e. The van der Waals surface area contributed by atoms with Gasteiger partial charge in [-0.15, -0.1) is 0 Å². The average Bonchev–Trinajstić information content (AvgIpc) is 2.79. The molecule has 0 saturated carbocycles. The number of carbonyl (C=O) groups is 2. The molecule has 32 heavy (non-hydrogen) atoms. The first kappa shape index (κ1) is 22.5. The molecule has 0 aromatic heterocycles. The van der Waals surface area contributed by atoms with Gasteiger partial charge in [0, 0.05) is 19.6 Å². The summed E-state index contributed by atoms with van der Waals surface area (Å²) in [6, 6.07) is 13.6. The lowest BCUT2D eigenvalue weighted by molar-refractivity contribution is -0.140. The zero-order chi connectivity index (χ0) is 22.7. The molecule has 4 rings (SSSR count). The number of halogens is 1. The van der Waals surface area contributed by atoms with E-state index in [4.69, 9.17) is 0 Å². The van der Waals surface area contributed by atoms with Crippen LogP contribution in [0.15, 0.2) is 48.5 Å². The van der Waals surface area contributed by atoms with Gasteiger partial charge in [-0.3, -0.25) is 14.5 Å². The topological polar surface area (TPSA) is 52.7 Å². The first-order chi connectivity index (χ1) is 15.4. The lowest BCUT2D eigenvalue weighted by Gasteiger charge is -2.40. The van der Waals surface area contributed by atoms with Gasteiger partial charge in [-0.05, 0) is 60.9 Å². The van der Waals surface area contributed by atoms with Crippen molar-refractivity contribution in [2.24, 2.45) is 5.92 Å². The van der Waals surface area contributed by atoms with Gasteiger partial charge in [-0.1, -0.05) is 43.3 Å². The lowest BCUT2D eigenvalue weighted by atomic mass is 9.90. The standard InChI is InChI=1S/C26H32FN3O2/c1-18-11-14-29(15-12-18)26(32)25-23-6-4-3-5-21(23)13-16-30(25)17-24(31)28-19(2)20-7-9-22(27)10-8-20/h3-10,18-19,25H,11-17H2,1-2H3,(H,28,31)/t19-,25-/m1/s1. The molecule has 2 heterocycles. The van der Waals surface area contributed by atoms with Gasteiger partial charge >= 0.3 is 0 Å². The number of nitrogens with zero attached hydrogens (tertiary/aromatic N) is 2. The molecule has 2 aromatic rings. The third kappa shape index (κ3) is 5.01. The van der Waals surface area contributed by atoms with Gasteiger partial charge in [0.05, 0.1) is 12.6 Å². The molecule has 1 fully saturated rings. The number of amides is 2. The molecule has 2 amide bonds. The Labute approximate surface area is 189 Å². The molecule has 2 aliphatic heterocycles. The number of fused-ring (bicyclic) bond motifs is 1. The zero-order valence-electron chi connectivity index (χ0n) is 18.9. The van der Waals surface area contributed by atoms with Crippen molar-refractivity contribution in [1.29, 1.82) is 0 Å². The molecule has 1 saturated heterocycles. The molecule has 0 bridgehead atoms. The Balaban J connectivity index is 1.49. The van der Waals surface area contributed by atoms with E-state index in [0.717, 1.165) is 43.5 Å². The van der Waals surface area contributed by atoms with E-state index >= 15 is 0 Å². The quantitative estimate of drug-likeness (QED) is 0.773. The van der Waals surface area contributed by atoms with Gasteiger partial charge in [0.15, 0.2) is 0 Å². The van der Waals surface area contributed by atoms with E-state index in [2.05, 4.69) is 18.3 Å². The molecular weight excluding hydrogens is 405 g/mol. The van der Waals surface area contributed by atoms with Crippen LogP contribution in [0.3, 0.4) is 0 Å². The summed E-state index contributed by atoms with van der Waals surface area (Å²) in [5.41, 5.74) is 3.05. The Morgan fingerprint density at radius 1 is 1.06 bits per heavy atom. The van der Waals surface area contributed by atoms with E-state index in [-0.39, 0.29) is 30.2 Å². The van der Waals surface area contributed by atoms with Crippen LogP contribution in [0.1, 0.15) is 55.5 Å². The van der Waals surface area contributed by atoms with Crippen molar-refractivity contribution in [2.75, 3.05) is 26.2 Å². The smallest absolute Gasteiger partial charge is 0.244 e. The van der Waals surface area contributed by atoms with E-state index in [1.165, 1.54) is 17.7 Å². The largest absolute Gasteiger partial charge is 0.348 e. The molecule has 170 valence electrons. The Kier molecular flexibility index (Phi) is 6.89. The van der Waals surface area contributed by atoms with Crippen LogP contribution in [0.25, 0.3) is 0 Å². The summed E-state index contributed by atoms with van der Waals surface area (Å²) < 4.78 is 13.2. The van der Waals surface area contributed by atoms with E-state index in [9.17, 15) is 14.0 Å². The number of nitrogens with one attached hydrogen (secondary N) is 1. The van der Waals surface area contributed by atoms with E-state index in [1.807, 2.05) is 34.9 Å². The molecule has 6 heteroatoms. The minimum Gasteiger partial charge on any atom is -0.348 e. The van der Waals surface area contributed by atoms with Gasteiger partial charge in [0.2, 0.25) is 11.8 Å². The molecule has 0 aliphatic carbocycles. The van der Waals surface area contributed by atoms with Crippen molar-refractivity contribution < 1.29 is 14.0 Å². The SMILES string of the molecule is CC1CCN(C(=O)[C@H]2c3ccccc3CCN2CC(=O)N[C@H](C)c2ccc(F)cc2)CC1. The highest BCUT2D eigenvalue weighted by atomic mass is 19.1. The Morgan fingerprint density at radius 2 is 1.75 bits per heavy atom. The summed E-state index contributed by atoms with van der Waals surface area (Å²) in [7, 11) is 0. The molecule has 0 unspecified atom stereocenters. The first-order valence-electron chi connectivity index (χ1n) is 11.6. The first-order valence-corrected chi connectivity index (χ1v) is 11.6. The molecule has 5 nitrogen and oxygen atoms in total. The number of hydrogen-bond donors (Lipinski definition) is 1. The minimum atomic E-state index is -0.430. The van der Waals surface area contributed by atoms with Gasteiger partial charge in [-0.2, -0.15) is 0 Å². The van der Waals surface area contributed by atoms with Gasteiger partial charge in [0.1, 0.15) is 11.9 Å². The number of hydrogen-bond acceptors (Lipinski definition) is 3. The van der Waals surface area contributed by atoms with Gasteiger partial charge in [-0.25, -0.2) is 4.39 Å². The highest BCUT2D eigenvalue weighted by Gasteiger charge is 2.37. The van der Waals surface area contributed by atoms with Crippen LogP contribution in [-0.4, -0.2) is 47.8 Å². The fourth-order valence-corrected chi connectivity index (χ4v) is 4.79. The van der Waals surface area contributed by atoms with Crippen molar-refractivity contribution >= 4 is 11.8 Å². The van der Waals surface area contributed by atoms with E-state index in [1.54, 1.807) is 12.1 Å². The monoisotopic (exact) mass is 437 g/mol. The molecule has 1 N–H and O–H groups in total. The molecule has 2 aliphatic rings. The third-order valence-corrected chi connectivity index (χ3v) is 6.81. The van der Waals surface area contributed by atoms with Crippen LogP contribution in [-0.2, 0) is 16.0 Å². The maximum absolute atomic E-state index is 13.6. The minimum absolute atomic E-state index is 0.100. The second kappa shape index (κ2) is 9.82. The Morgan fingerprint density at radius 3 is 2.47 bits per heavy atom. The number of carbonyl (C=O) groups excluding carboxylic acids is 2. The molecule has 0 radical (unpaired) electrons. The summed E-state index contributed by atoms with van der Waals surface area (Å²) in [6.07, 6.45) is 2.86. The second-order valence-corrected chi connectivity index (χ2v) is 9.17. The Hall–Kier alpha value is -2.73. The van der Waals surface area contributed by atoms with Crippen molar-refractivity contribution in [2.45, 2.75) is 45.2 Å². The number of piperidine rings is 1. The normalized spacial score (nSPS) is 20.5. The summed E-state index contributed by atoms with van der Waals surface area (Å²) in [5.74, 6) is 0.315. The average molecular weight is 438 g/mol. The maximum atomic E-state index is 13.6. The zero-order valence-corrected chi connectivity index (χ0v) is 18.9. The highest BCUT2D eigenvalue weighted by Crippen LogP contribution is 2.32. The van der Waals surface area contributed by atoms with Gasteiger partial charge < -0.3 is 10.2 Å². The van der Waals surface area contributed by atoms with Crippen molar-refractivity contribution in [1.82, 2.24) is 15.1 Å². The van der Waals surface area contributed by atoms with Gasteiger partial charge in [0.25, 0.3) is 0 Å². The Bertz CT molecular complexity index is 954. The fraction of sp³-hybridized carbons (Fsp3) is 0.462. The van der Waals surface area contributed by atoms with Crippen LogP contribution < -0.4 is 5.32 Å². The molecule has 2 aromatic carbocycles. The molecule has 2 atom stereocenters. The van der Waals surface area contributed by atoms with E-state index in [0.29, 0.717) is 12.5 Å². The highest BCUT2D eigenvalue weighted by molar-refractivity contribution is 5.86. The second-order valence-electron chi connectivity index (χ2n) is 9.17. The summed E-state index contributed by atoms with van der Waals surface area (Å²) >= 11 is 0. The summed E-state index contributed by atoms with van der Waals surface area (Å²) in [5, 5.41) is 3.00. The fourth-order valence-electron chi connectivity index (χ4n) is 4.79.